The number of hydrogen-bond acceptors (Lipinski definition) is 4. The lowest BCUT2D eigenvalue weighted by Crippen LogP contribution is -2.37. The van der Waals surface area contributed by atoms with Crippen molar-refractivity contribution in [1.29, 1.82) is 0 Å². The molecule has 5 nitrogen and oxygen atoms in total. The number of methoxy groups -OCH3 is 1. The number of rotatable bonds is 4. The van der Waals surface area contributed by atoms with Crippen LogP contribution in [0.1, 0.15) is 35.7 Å². The van der Waals surface area contributed by atoms with Gasteiger partial charge >= 0.3 is 5.97 Å². The topological polar surface area (TPSA) is 67.4 Å². The van der Waals surface area contributed by atoms with Gasteiger partial charge in [0.2, 0.25) is 5.91 Å². The first-order chi connectivity index (χ1) is 10.0. The minimum Gasteiger partial charge on any atom is -0.465 e. The molecule has 2 rings (SSSR count). The number of ether oxygens (including phenoxy) is 1. The van der Waals surface area contributed by atoms with Crippen LogP contribution in [0.3, 0.4) is 0 Å². The monoisotopic (exact) mass is 290 g/mol. The summed E-state index contributed by atoms with van der Waals surface area (Å²) in [5, 5.41) is 6.23. The number of hydrogen-bond donors (Lipinski definition) is 2. The number of amides is 1. The average Bonchev–Trinajstić information content (AvgIpc) is 2.98. The average molecular weight is 290 g/mol. The van der Waals surface area contributed by atoms with Gasteiger partial charge in [-0.05, 0) is 44.0 Å². The lowest BCUT2D eigenvalue weighted by molar-refractivity contribution is -0.124. The number of nitrogens with one attached hydrogen (secondary N) is 2. The molecule has 1 unspecified atom stereocenters. The Labute approximate surface area is 125 Å². The van der Waals surface area contributed by atoms with E-state index in [0.29, 0.717) is 17.8 Å². The van der Waals surface area contributed by atoms with Crippen LogP contribution in [0.5, 0.6) is 0 Å². The first kappa shape index (κ1) is 15.5. The summed E-state index contributed by atoms with van der Waals surface area (Å²) in [6.07, 6.45) is 1.63. The predicted molar refractivity (Wildman–Crippen MR) is 81.4 cm³/mol. The second-order valence-corrected chi connectivity index (χ2v) is 5.54. The van der Waals surface area contributed by atoms with Gasteiger partial charge in [-0.2, -0.15) is 0 Å². The van der Waals surface area contributed by atoms with Crippen LogP contribution in [-0.2, 0) is 9.53 Å². The quantitative estimate of drug-likeness (QED) is 0.833. The van der Waals surface area contributed by atoms with Crippen molar-refractivity contribution in [3.63, 3.8) is 0 Å². The molecule has 0 radical (unpaired) electrons. The molecule has 1 amide bonds. The smallest absolute Gasteiger partial charge is 0.337 e. The summed E-state index contributed by atoms with van der Waals surface area (Å²) in [5.74, 6) is -0.390. The van der Waals surface area contributed by atoms with Crippen molar-refractivity contribution in [2.75, 3.05) is 25.5 Å². The summed E-state index contributed by atoms with van der Waals surface area (Å²) in [4.78, 5) is 24.2. The highest BCUT2D eigenvalue weighted by atomic mass is 16.5. The normalized spacial score (nSPS) is 21.1. The molecule has 1 aromatic rings. The van der Waals surface area contributed by atoms with Crippen LogP contribution in [0.25, 0.3) is 0 Å². The summed E-state index contributed by atoms with van der Waals surface area (Å²) in [5.41, 5.74) is 1.68. The first-order valence-corrected chi connectivity index (χ1v) is 7.23. The predicted octanol–water partition coefficient (Wildman–Crippen LogP) is 2.11. The zero-order valence-corrected chi connectivity index (χ0v) is 12.8. The van der Waals surface area contributed by atoms with Crippen LogP contribution in [0.4, 0.5) is 5.69 Å². The molecule has 0 bridgehead atoms. The van der Waals surface area contributed by atoms with Gasteiger partial charge < -0.3 is 15.4 Å². The van der Waals surface area contributed by atoms with Crippen molar-refractivity contribution in [1.82, 2.24) is 5.32 Å². The third-order valence-corrected chi connectivity index (χ3v) is 4.31. The Morgan fingerprint density at radius 2 is 2.19 bits per heavy atom. The maximum absolute atomic E-state index is 12.6. The Kier molecular flexibility index (Phi) is 4.63. The van der Waals surface area contributed by atoms with E-state index < -0.39 is 5.97 Å². The molecule has 1 heterocycles. The lowest BCUT2D eigenvalue weighted by Gasteiger charge is -2.25. The number of benzene rings is 1. The highest BCUT2D eigenvalue weighted by molar-refractivity contribution is 5.98. The van der Waals surface area contributed by atoms with Crippen molar-refractivity contribution in [2.24, 2.45) is 5.41 Å². The second kappa shape index (κ2) is 6.26. The fourth-order valence-corrected chi connectivity index (χ4v) is 2.66. The minimum atomic E-state index is -0.404. The zero-order chi connectivity index (χ0) is 15.5. The molecular weight excluding hydrogens is 268 g/mol. The van der Waals surface area contributed by atoms with Crippen LogP contribution in [0, 0.1) is 12.3 Å². The molecule has 0 aromatic heterocycles. The lowest BCUT2D eigenvalue weighted by atomic mass is 9.83. The third kappa shape index (κ3) is 3.08. The summed E-state index contributed by atoms with van der Waals surface area (Å²) in [6, 6.07) is 5.18. The van der Waals surface area contributed by atoms with Crippen LogP contribution in [-0.4, -0.2) is 32.1 Å². The molecule has 2 N–H and O–H groups in total. The van der Waals surface area contributed by atoms with Crippen LogP contribution < -0.4 is 10.6 Å². The summed E-state index contributed by atoms with van der Waals surface area (Å²) >= 11 is 0. The number of carbonyl (C=O) groups excluding carboxylic acids is 2. The van der Waals surface area contributed by atoms with Crippen molar-refractivity contribution >= 4 is 17.6 Å². The Morgan fingerprint density at radius 3 is 2.76 bits per heavy atom. The molecule has 1 aliphatic rings. The third-order valence-electron chi connectivity index (χ3n) is 4.31. The van der Waals surface area contributed by atoms with E-state index in [-0.39, 0.29) is 11.3 Å². The van der Waals surface area contributed by atoms with E-state index in [4.69, 9.17) is 4.74 Å². The molecule has 21 heavy (non-hydrogen) atoms. The van der Waals surface area contributed by atoms with E-state index in [1.807, 2.05) is 19.9 Å². The highest BCUT2D eigenvalue weighted by Gasteiger charge is 2.39. The summed E-state index contributed by atoms with van der Waals surface area (Å²) in [7, 11) is 1.34. The molecule has 1 fully saturated rings. The Balaban J connectivity index is 2.22. The maximum Gasteiger partial charge on any atom is 0.337 e. The molecule has 5 heteroatoms. The fraction of sp³-hybridized carbons (Fsp3) is 0.500. The van der Waals surface area contributed by atoms with Crippen LogP contribution >= 0.6 is 0 Å². The van der Waals surface area contributed by atoms with Gasteiger partial charge in [-0.15, -0.1) is 0 Å². The van der Waals surface area contributed by atoms with E-state index in [2.05, 4.69) is 10.6 Å². The van der Waals surface area contributed by atoms with Gasteiger partial charge in [0.15, 0.2) is 0 Å². The van der Waals surface area contributed by atoms with Gasteiger partial charge in [0.25, 0.3) is 0 Å². The van der Waals surface area contributed by atoms with Gasteiger partial charge in [0.05, 0.1) is 18.1 Å². The van der Waals surface area contributed by atoms with E-state index in [0.717, 1.165) is 24.9 Å². The van der Waals surface area contributed by atoms with Crippen molar-refractivity contribution < 1.29 is 14.3 Å². The molecular formula is C16H22N2O3. The van der Waals surface area contributed by atoms with Gasteiger partial charge in [-0.25, -0.2) is 4.79 Å². The molecule has 0 saturated carbocycles. The number of anilines is 1. The Bertz CT molecular complexity index is 548. The van der Waals surface area contributed by atoms with E-state index in [1.54, 1.807) is 12.1 Å². The first-order valence-electron chi connectivity index (χ1n) is 7.23. The molecule has 1 atom stereocenters. The van der Waals surface area contributed by atoms with Crippen molar-refractivity contribution in [3.05, 3.63) is 29.3 Å². The molecule has 0 spiro atoms. The van der Waals surface area contributed by atoms with Gasteiger partial charge in [-0.3, -0.25) is 4.79 Å². The molecule has 1 aliphatic heterocycles. The maximum atomic E-state index is 12.6. The van der Waals surface area contributed by atoms with Crippen LogP contribution in [0.15, 0.2) is 18.2 Å². The Morgan fingerprint density at radius 1 is 1.43 bits per heavy atom. The second-order valence-electron chi connectivity index (χ2n) is 5.54. The molecule has 1 aromatic carbocycles. The zero-order valence-electron chi connectivity index (χ0n) is 12.8. The summed E-state index contributed by atoms with van der Waals surface area (Å²) < 4.78 is 4.72. The van der Waals surface area contributed by atoms with Gasteiger partial charge in [-0.1, -0.05) is 13.0 Å². The number of carbonyl (C=O) groups is 2. The standard InChI is InChI=1S/C16H22N2O3/c1-4-16(7-8-17-10-16)15(20)18-13-9-12(14(19)21-3)6-5-11(13)2/h5-6,9,17H,4,7-8,10H2,1-3H3,(H,18,20). The van der Waals surface area contributed by atoms with Gasteiger partial charge in [0, 0.05) is 12.2 Å². The van der Waals surface area contributed by atoms with E-state index in [9.17, 15) is 9.59 Å². The fourth-order valence-electron chi connectivity index (χ4n) is 2.66. The largest absolute Gasteiger partial charge is 0.465 e. The van der Waals surface area contributed by atoms with E-state index >= 15 is 0 Å². The van der Waals surface area contributed by atoms with Crippen molar-refractivity contribution in [2.45, 2.75) is 26.7 Å². The minimum absolute atomic E-state index is 0.0140. The highest BCUT2D eigenvalue weighted by Crippen LogP contribution is 2.31. The summed E-state index contributed by atoms with van der Waals surface area (Å²) in [6.45, 7) is 5.50. The molecule has 1 saturated heterocycles. The SMILES string of the molecule is CCC1(C(=O)Nc2cc(C(=O)OC)ccc2C)CCNC1. The Hall–Kier alpha value is -1.88. The van der Waals surface area contributed by atoms with E-state index in [1.165, 1.54) is 7.11 Å². The molecule has 0 aliphatic carbocycles. The molecule has 114 valence electrons. The van der Waals surface area contributed by atoms with Crippen molar-refractivity contribution in [3.8, 4) is 0 Å². The number of aryl methyl sites for hydroxylation is 1. The number of esters is 1. The van der Waals surface area contributed by atoms with Gasteiger partial charge in [0.1, 0.15) is 0 Å². The van der Waals surface area contributed by atoms with Crippen LogP contribution in [0.2, 0.25) is 0 Å².